The molecule has 0 unspecified atom stereocenters. The van der Waals surface area contributed by atoms with Gasteiger partial charge in [-0.05, 0) is 26.3 Å². The van der Waals surface area contributed by atoms with Crippen molar-refractivity contribution in [3.63, 3.8) is 0 Å². The van der Waals surface area contributed by atoms with Gasteiger partial charge in [-0.3, -0.25) is 5.26 Å². The van der Waals surface area contributed by atoms with Crippen molar-refractivity contribution in [1.82, 2.24) is 0 Å². The zero-order valence-corrected chi connectivity index (χ0v) is 8.45. The third kappa shape index (κ3) is 3.30. The van der Waals surface area contributed by atoms with E-state index >= 15 is 0 Å². The first kappa shape index (κ1) is 12.4. The summed E-state index contributed by atoms with van der Waals surface area (Å²) in [6, 6.07) is 0. The van der Waals surface area contributed by atoms with Crippen LogP contribution in [0, 0.1) is 5.92 Å². The summed E-state index contributed by atoms with van der Waals surface area (Å²) in [4.78, 5) is 4.26. The van der Waals surface area contributed by atoms with Gasteiger partial charge in [-0.25, -0.2) is 4.89 Å². The minimum absolute atomic E-state index is 0.380. The minimum atomic E-state index is -0.992. The van der Waals surface area contributed by atoms with Crippen LogP contribution < -0.4 is 0 Å². The molecule has 2 atom stereocenters. The van der Waals surface area contributed by atoms with Gasteiger partial charge in [0.05, 0.1) is 5.60 Å². The number of hydrogen-bond acceptors (Lipinski definition) is 3. The SMILES string of the molecule is C=C[C@@H]([C@@H](OO)C(=C)C)C(C)(C)O. The van der Waals surface area contributed by atoms with Crippen LogP contribution in [0.3, 0.4) is 0 Å². The Hall–Kier alpha value is -0.640. The summed E-state index contributed by atoms with van der Waals surface area (Å²) in [6.45, 7) is 12.2. The Bertz CT molecular complexity index is 191. The summed E-state index contributed by atoms with van der Waals surface area (Å²) in [6.07, 6.45) is 0.938. The molecule has 13 heavy (non-hydrogen) atoms. The van der Waals surface area contributed by atoms with Gasteiger partial charge >= 0.3 is 0 Å². The minimum Gasteiger partial charge on any atom is -0.390 e. The van der Waals surface area contributed by atoms with Crippen molar-refractivity contribution in [3.8, 4) is 0 Å². The van der Waals surface area contributed by atoms with Crippen LogP contribution >= 0.6 is 0 Å². The lowest BCUT2D eigenvalue weighted by molar-refractivity contribution is -0.285. The molecule has 0 spiro atoms. The molecule has 0 bridgehead atoms. The van der Waals surface area contributed by atoms with E-state index in [1.54, 1.807) is 26.8 Å². The van der Waals surface area contributed by atoms with E-state index in [1.165, 1.54) is 0 Å². The normalized spacial score (nSPS) is 16.4. The molecule has 0 saturated carbocycles. The molecule has 0 aromatic rings. The van der Waals surface area contributed by atoms with Crippen molar-refractivity contribution in [1.29, 1.82) is 0 Å². The van der Waals surface area contributed by atoms with Gasteiger partial charge in [-0.2, -0.15) is 0 Å². The highest BCUT2D eigenvalue weighted by Gasteiger charge is 2.33. The molecule has 0 aliphatic rings. The lowest BCUT2D eigenvalue weighted by Crippen LogP contribution is -2.39. The van der Waals surface area contributed by atoms with E-state index < -0.39 is 11.7 Å². The van der Waals surface area contributed by atoms with E-state index in [0.29, 0.717) is 5.57 Å². The highest BCUT2D eigenvalue weighted by atomic mass is 17.1. The third-order valence-corrected chi connectivity index (χ3v) is 2.00. The Labute approximate surface area is 79.3 Å². The highest BCUT2D eigenvalue weighted by Crippen LogP contribution is 2.26. The van der Waals surface area contributed by atoms with Crippen LogP contribution in [0.5, 0.6) is 0 Å². The summed E-state index contributed by atoms with van der Waals surface area (Å²) < 4.78 is 0. The number of rotatable bonds is 5. The maximum Gasteiger partial charge on any atom is 0.122 e. The first-order valence-corrected chi connectivity index (χ1v) is 4.15. The molecule has 0 aliphatic heterocycles. The van der Waals surface area contributed by atoms with Crippen molar-refractivity contribution >= 4 is 0 Å². The zero-order valence-electron chi connectivity index (χ0n) is 8.45. The first-order chi connectivity index (χ1) is 5.84. The van der Waals surface area contributed by atoms with E-state index in [0.717, 1.165) is 0 Å². The van der Waals surface area contributed by atoms with Crippen LogP contribution in [0.15, 0.2) is 24.8 Å². The van der Waals surface area contributed by atoms with E-state index in [1.807, 2.05) is 0 Å². The molecule has 2 N–H and O–H groups in total. The van der Waals surface area contributed by atoms with E-state index in [-0.39, 0.29) is 5.92 Å². The van der Waals surface area contributed by atoms with E-state index in [2.05, 4.69) is 18.0 Å². The second-order valence-corrected chi connectivity index (χ2v) is 3.79. The van der Waals surface area contributed by atoms with Crippen LogP contribution in [-0.4, -0.2) is 22.1 Å². The average molecular weight is 186 g/mol. The predicted octanol–water partition coefficient (Wildman–Crippen LogP) is 1.99. The molecule has 3 heteroatoms. The van der Waals surface area contributed by atoms with Crippen molar-refractivity contribution in [2.24, 2.45) is 5.92 Å². The highest BCUT2D eigenvalue weighted by molar-refractivity contribution is 5.08. The predicted molar refractivity (Wildman–Crippen MR) is 52.3 cm³/mol. The molecule has 0 aliphatic carbocycles. The summed E-state index contributed by atoms with van der Waals surface area (Å²) in [5.74, 6) is -0.380. The zero-order chi connectivity index (χ0) is 10.6. The van der Waals surface area contributed by atoms with Crippen LogP contribution in [0.4, 0.5) is 0 Å². The Balaban J connectivity index is 4.73. The molecule has 0 fully saturated rings. The molecule has 0 heterocycles. The average Bonchev–Trinajstić information content (AvgIpc) is 1.96. The summed E-state index contributed by atoms with van der Waals surface area (Å²) >= 11 is 0. The van der Waals surface area contributed by atoms with Gasteiger partial charge in [0.25, 0.3) is 0 Å². The van der Waals surface area contributed by atoms with Gasteiger partial charge < -0.3 is 5.11 Å². The molecule has 0 amide bonds. The lowest BCUT2D eigenvalue weighted by atomic mass is 9.84. The summed E-state index contributed by atoms with van der Waals surface area (Å²) in [5.41, 5.74) is -0.344. The maximum absolute atomic E-state index is 9.72. The van der Waals surface area contributed by atoms with Gasteiger partial charge in [0.1, 0.15) is 6.10 Å². The van der Waals surface area contributed by atoms with Gasteiger partial charge in [0.2, 0.25) is 0 Å². The Morgan fingerprint density at radius 2 is 2.00 bits per heavy atom. The molecule has 0 radical (unpaired) electrons. The van der Waals surface area contributed by atoms with Gasteiger partial charge in [0.15, 0.2) is 0 Å². The van der Waals surface area contributed by atoms with Gasteiger partial charge in [-0.15, -0.1) is 6.58 Å². The van der Waals surface area contributed by atoms with Crippen LogP contribution in [-0.2, 0) is 4.89 Å². The fourth-order valence-electron chi connectivity index (χ4n) is 1.24. The molecular weight excluding hydrogens is 168 g/mol. The smallest absolute Gasteiger partial charge is 0.122 e. The van der Waals surface area contributed by atoms with Gasteiger partial charge in [0, 0.05) is 5.92 Å². The number of aliphatic hydroxyl groups is 1. The van der Waals surface area contributed by atoms with E-state index in [4.69, 9.17) is 5.26 Å². The number of hydrogen-bond donors (Lipinski definition) is 2. The second-order valence-electron chi connectivity index (χ2n) is 3.79. The van der Waals surface area contributed by atoms with Crippen LogP contribution in [0.25, 0.3) is 0 Å². The Kier molecular flexibility index (Phi) is 4.33. The third-order valence-electron chi connectivity index (χ3n) is 2.00. The van der Waals surface area contributed by atoms with Gasteiger partial charge in [-0.1, -0.05) is 12.7 Å². The quantitative estimate of drug-likeness (QED) is 0.392. The molecule has 0 aromatic heterocycles. The van der Waals surface area contributed by atoms with Crippen molar-refractivity contribution in [2.75, 3.05) is 0 Å². The first-order valence-electron chi connectivity index (χ1n) is 4.15. The fraction of sp³-hybridized carbons (Fsp3) is 0.600. The largest absolute Gasteiger partial charge is 0.390 e. The monoisotopic (exact) mass is 186 g/mol. The second kappa shape index (κ2) is 4.56. The Morgan fingerprint density at radius 1 is 1.54 bits per heavy atom. The lowest BCUT2D eigenvalue weighted by Gasteiger charge is -2.31. The standard InChI is InChI=1S/C10H18O3/c1-6-8(10(4,5)11)9(13-12)7(2)3/h6,8-9,11-12H,1-2H2,3-5H3/t8-,9-/m0/s1. The maximum atomic E-state index is 9.72. The molecule has 0 saturated heterocycles. The fourth-order valence-corrected chi connectivity index (χ4v) is 1.24. The van der Waals surface area contributed by atoms with E-state index in [9.17, 15) is 5.11 Å². The summed E-state index contributed by atoms with van der Waals surface area (Å²) in [5, 5.41) is 18.4. The Morgan fingerprint density at radius 3 is 2.08 bits per heavy atom. The molecule has 0 aromatic carbocycles. The molecule has 3 nitrogen and oxygen atoms in total. The van der Waals surface area contributed by atoms with Crippen LogP contribution in [0.1, 0.15) is 20.8 Å². The topological polar surface area (TPSA) is 49.7 Å². The van der Waals surface area contributed by atoms with Crippen molar-refractivity contribution in [2.45, 2.75) is 32.5 Å². The van der Waals surface area contributed by atoms with Crippen molar-refractivity contribution < 1.29 is 15.3 Å². The molecule has 0 rings (SSSR count). The molecule has 76 valence electrons. The van der Waals surface area contributed by atoms with Crippen LogP contribution in [0.2, 0.25) is 0 Å². The summed E-state index contributed by atoms with van der Waals surface area (Å²) in [7, 11) is 0. The van der Waals surface area contributed by atoms with Crippen molar-refractivity contribution in [3.05, 3.63) is 24.8 Å². The molecular formula is C10H18O3.